The number of aromatic hydroxyl groups is 1. The highest BCUT2D eigenvalue weighted by Crippen LogP contribution is 2.30. The van der Waals surface area contributed by atoms with E-state index in [1.807, 2.05) is 0 Å². The zero-order valence-electron chi connectivity index (χ0n) is 7.70. The van der Waals surface area contributed by atoms with E-state index in [4.69, 9.17) is 10.8 Å². The fourth-order valence-electron chi connectivity index (χ4n) is 1.01. The number of nitrogens with two attached hydrogens (primary N) is 1. The Morgan fingerprint density at radius 2 is 2.27 bits per heavy atom. The number of nitrogen functional groups attached to an aromatic ring is 1. The molecule has 3 N–H and O–H groups in total. The maximum absolute atomic E-state index is 12.4. The highest BCUT2D eigenvalue weighted by molar-refractivity contribution is 5.97. The summed E-state index contributed by atoms with van der Waals surface area (Å²) in [5.74, 6) is -1.61. The van der Waals surface area contributed by atoms with Gasteiger partial charge in [0.2, 0.25) is 0 Å². The van der Waals surface area contributed by atoms with E-state index in [1.165, 1.54) is 0 Å². The molecule has 0 bridgehead atoms. The van der Waals surface area contributed by atoms with E-state index in [9.17, 15) is 13.6 Å². The fourth-order valence-corrected chi connectivity index (χ4v) is 1.01. The third kappa shape index (κ3) is 1.95. The third-order valence-corrected chi connectivity index (χ3v) is 1.72. The zero-order chi connectivity index (χ0) is 11.6. The Balaban J connectivity index is 3.41. The predicted molar refractivity (Wildman–Crippen MR) is 46.6 cm³/mol. The summed E-state index contributed by atoms with van der Waals surface area (Å²) in [6.45, 7) is 0. The van der Waals surface area contributed by atoms with Crippen molar-refractivity contribution in [1.29, 1.82) is 0 Å². The summed E-state index contributed by atoms with van der Waals surface area (Å²) in [5, 5.41) is 9.11. The van der Waals surface area contributed by atoms with E-state index in [0.29, 0.717) is 0 Å². The molecule has 0 aliphatic heterocycles. The predicted octanol–water partition coefficient (Wildman–Crippen LogP) is 1.09. The van der Waals surface area contributed by atoms with E-state index in [2.05, 4.69) is 9.72 Å². The lowest BCUT2D eigenvalue weighted by atomic mass is 10.1. The number of nitrogens with zero attached hydrogens (tertiary/aromatic N) is 1. The van der Waals surface area contributed by atoms with Gasteiger partial charge in [0.05, 0.1) is 19.0 Å². The van der Waals surface area contributed by atoms with Crippen LogP contribution >= 0.6 is 0 Å². The highest BCUT2D eigenvalue weighted by Gasteiger charge is 2.25. The number of carbonyl (C=O) groups is 1. The molecule has 0 aliphatic rings. The molecule has 0 fully saturated rings. The summed E-state index contributed by atoms with van der Waals surface area (Å²) < 4.78 is 29.1. The summed E-state index contributed by atoms with van der Waals surface area (Å²) in [5.41, 5.74) is 3.40. The molecule has 0 radical (unpaired) electrons. The molecular formula is C8H8F2N2O3. The number of anilines is 1. The van der Waals surface area contributed by atoms with Gasteiger partial charge in [0.1, 0.15) is 11.3 Å². The molecule has 0 saturated heterocycles. The van der Waals surface area contributed by atoms with Crippen LogP contribution in [0.3, 0.4) is 0 Å². The van der Waals surface area contributed by atoms with E-state index in [1.54, 1.807) is 0 Å². The molecular weight excluding hydrogens is 210 g/mol. The molecule has 0 atom stereocenters. The van der Waals surface area contributed by atoms with E-state index >= 15 is 0 Å². The number of pyridine rings is 1. The van der Waals surface area contributed by atoms with Gasteiger partial charge in [-0.3, -0.25) is 4.98 Å². The first-order chi connectivity index (χ1) is 6.99. The van der Waals surface area contributed by atoms with Gasteiger partial charge in [0.25, 0.3) is 6.43 Å². The summed E-state index contributed by atoms with van der Waals surface area (Å²) in [6.07, 6.45) is -2.22. The number of methoxy groups -OCH3 is 1. The molecule has 5 nitrogen and oxygen atoms in total. The minimum atomic E-state index is -2.97. The minimum absolute atomic E-state index is 0.466. The number of esters is 1. The summed E-state index contributed by atoms with van der Waals surface area (Å²) >= 11 is 0. The van der Waals surface area contributed by atoms with Crippen molar-refractivity contribution in [2.24, 2.45) is 0 Å². The van der Waals surface area contributed by atoms with Crippen molar-refractivity contribution in [2.75, 3.05) is 12.8 Å². The fraction of sp³-hybridized carbons (Fsp3) is 0.250. The quantitative estimate of drug-likeness (QED) is 0.726. The molecule has 0 aromatic carbocycles. The Morgan fingerprint density at radius 3 is 2.73 bits per heavy atom. The molecule has 0 saturated carbocycles. The number of ether oxygens (including phenoxy) is 1. The van der Waals surface area contributed by atoms with Crippen molar-refractivity contribution in [3.8, 4) is 5.75 Å². The smallest absolute Gasteiger partial charge is 0.342 e. The molecule has 15 heavy (non-hydrogen) atoms. The van der Waals surface area contributed by atoms with Crippen LogP contribution in [0.25, 0.3) is 0 Å². The molecule has 1 heterocycles. The second-order valence-electron chi connectivity index (χ2n) is 2.61. The number of aromatic nitrogens is 1. The normalized spacial score (nSPS) is 10.4. The van der Waals surface area contributed by atoms with E-state index in [0.717, 1.165) is 13.3 Å². The van der Waals surface area contributed by atoms with Crippen LogP contribution in [0.2, 0.25) is 0 Å². The lowest BCUT2D eigenvalue weighted by molar-refractivity contribution is 0.0588. The maximum atomic E-state index is 12.4. The Bertz CT molecular complexity index is 396. The van der Waals surface area contributed by atoms with Gasteiger partial charge in [-0.1, -0.05) is 0 Å². The van der Waals surface area contributed by atoms with Crippen LogP contribution in [0.5, 0.6) is 5.75 Å². The molecule has 82 valence electrons. The summed E-state index contributed by atoms with van der Waals surface area (Å²) in [6, 6.07) is 0. The Morgan fingerprint density at radius 1 is 1.67 bits per heavy atom. The number of hydrogen-bond acceptors (Lipinski definition) is 5. The van der Waals surface area contributed by atoms with Crippen LogP contribution in [0, 0.1) is 0 Å². The van der Waals surface area contributed by atoms with Gasteiger partial charge >= 0.3 is 5.97 Å². The van der Waals surface area contributed by atoms with E-state index in [-0.39, 0.29) is 0 Å². The zero-order valence-corrected chi connectivity index (χ0v) is 7.70. The number of hydrogen-bond donors (Lipinski definition) is 2. The van der Waals surface area contributed by atoms with Gasteiger partial charge in [-0.25, -0.2) is 13.6 Å². The first kappa shape index (κ1) is 11.2. The largest absolute Gasteiger partial charge is 0.504 e. The first-order valence-electron chi connectivity index (χ1n) is 3.82. The lowest BCUT2D eigenvalue weighted by Crippen LogP contribution is -2.11. The van der Waals surface area contributed by atoms with Gasteiger partial charge in [-0.05, 0) is 0 Å². The van der Waals surface area contributed by atoms with Crippen molar-refractivity contribution < 1.29 is 23.4 Å². The lowest BCUT2D eigenvalue weighted by Gasteiger charge is -2.09. The van der Waals surface area contributed by atoms with Crippen molar-refractivity contribution in [3.63, 3.8) is 0 Å². The van der Waals surface area contributed by atoms with Crippen molar-refractivity contribution in [3.05, 3.63) is 17.5 Å². The Kier molecular flexibility index (Phi) is 3.03. The monoisotopic (exact) mass is 218 g/mol. The van der Waals surface area contributed by atoms with Crippen LogP contribution < -0.4 is 5.73 Å². The van der Waals surface area contributed by atoms with E-state index < -0.39 is 35.1 Å². The van der Waals surface area contributed by atoms with Gasteiger partial charge in [0.15, 0.2) is 5.75 Å². The summed E-state index contributed by atoms with van der Waals surface area (Å²) in [4.78, 5) is 14.4. The van der Waals surface area contributed by atoms with Crippen LogP contribution in [0.15, 0.2) is 6.20 Å². The number of rotatable bonds is 2. The van der Waals surface area contributed by atoms with Crippen LogP contribution in [-0.2, 0) is 4.74 Å². The SMILES string of the molecule is COC(=O)c1c(C(F)F)ncc(O)c1N. The van der Waals surface area contributed by atoms with Gasteiger partial charge in [0, 0.05) is 0 Å². The van der Waals surface area contributed by atoms with Gasteiger partial charge < -0.3 is 15.6 Å². The molecule has 1 rings (SSSR count). The topological polar surface area (TPSA) is 85.4 Å². The molecule has 0 aliphatic carbocycles. The molecule has 7 heteroatoms. The van der Waals surface area contributed by atoms with Crippen molar-refractivity contribution in [2.45, 2.75) is 6.43 Å². The molecule has 1 aromatic rings. The van der Waals surface area contributed by atoms with Crippen LogP contribution in [-0.4, -0.2) is 23.2 Å². The highest BCUT2D eigenvalue weighted by atomic mass is 19.3. The van der Waals surface area contributed by atoms with Crippen molar-refractivity contribution >= 4 is 11.7 Å². The maximum Gasteiger partial charge on any atom is 0.342 e. The van der Waals surface area contributed by atoms with Crippen LogP contribution in [0.4, 0.5) is 14.5 Å². The van der Waals surface area contributed by atoms with Gasteiger partial charge in [-0.15, -0.1) is 0 Å². The Labute approximate surface area is 83.5 Å². The second kappa shape index (κ2) is 4.07. The molecule has 0 spiro atoms. The average Bonchev–Trinajstić information content (AvgIpc) is 2.20. The van der Waals surface area contributed by atoms with Crippen LogP contribution in [0.1, 0.15) is 22.5 Å². The standard InChI is InChI=1S/C8H8F2N2O3/c1-15-8(14)4-5(11)3(13)2-12-6(4)7(9)10/h2,7,13H,1H3,(H2,11,12). The second-order valence-corrected chi connectivity index (χ2v) is 2.61. The molecule has 0 unspecified atom stereocenters. The molecule has 1 aromatic heterocycles. The summed E-state index contributed by atoms with van der Waals surface area (Å²) in [7, 11) is 1.01. The number of carbonyl (C=O) groups excluding carboxylic acids is 1. The van der Waals surface area contributed by atoms with Crippen molar-refractivity contribution in [1.82, 2.24) is 4.98 Å². The number of alkyl halides is 2. The average molecular weight is 218 g/mol. The first-order valence-corrected chi connectivity index (χ1v) is 3.82. The Hall–Kier alpha value is -1.92. The molecule has 0 amide bonds. The number of halogens is 2. The van der Waals surface area contributed by atoms with Gasteiger partial charge in [-0.2, -0.15) is 0 Å². The minimum Gasteiger partial charge on any atom is -0.504 e. The third-order valence-electron chi connectivity index (χ3n) is 1.72.